The number of para-hydroxylation sites is 3. The Bertz CT molecular complexity index is 2920. The van der Waals surface area contributed by atoms with Crippen LogP contribution in [0.3, 0.4) is 0 Å². The van der Waals surface area contributed by atoms with Crippen LogP contribution in [0.4, 0.5) is 0 Å². The fourth-order valence-corrected chi connectivity index (χ4v) is 10.1. The van der Waals surface area contributed by atoms with Gasteiger partial charge in [-0.25, -0.2) is 4.98 Å². The Morgan fingerprint density at radius 3 is 2.00 bits per heavy atom. The maximum atomic E-state index is 5.43. The van der Waals surface area contributed by atoms with Gasteiger partial charge in [-0.05, 0) is 145 Å². The SMILES string of the molecule is C1=Cc2c(c3c(c4cc(-c5cccc(-c6ccc7c(c6)C6(c8ccccc8-7)c7ccccc7-n7c6nc6ccccc67)c5)ccc24)C=CCC3)CC1. The first kappa shape index (κ1) is 28.4. The van der Waals surface area contributed by atoms with Crippen LogP contribution < -0.4 is 0 Å². The van der Waals surface area contributed by atoms with E-state index in [1.54, 1.807) is 11.1 Å². The average molecular weight is 663 g/mol. The first-order valence-electron chi connectivity index (χ1n) is 18.7. The lowest BCUT2D eigenvalue weighted by molar-refractivity contribution is 0.738. The van der Waals surface area contributed by atoms with Gasteiger partial charge in [0.1, 0.15) is 11.2 Å². The molecule has 2 heteroatoms. The fourth-order valence-electron chi connectivity index (χ4n) is 10.1. The molecular weight excluding hydrogens is 629 g/mol. The summed E-state index contributed by atoms with van der Waals surface area (Å²) in [7, 11) is 0. The lowest BCUT2D eigenvalue weighted by Crippen LogP contribution is -2.27. The number of hydrogen-bond donors (Lipinski definition) is 0. The van der Waals surface area contributed by atoms with Crippen molar-refractivity contribution in [3.63, 3.8) is 0 Å². The predicted molar refractivity (Wildman–Crippen MR) is 215 cm³/mol. The predicted octanol–water partition coefficient (Wildman–Crippen LogP) is 12.1. The summed E-state index contributed by atoms with van der Waals surface area (Å²) in [5.74, 6) is 1.08. The minimum atomic E-state index is -0.506. The van der Waals surface area contributed by atoms with Crippen molar-refractivity contribution in [3.8, 4) is 39.1 Å². The van der Waals surface area contributed by atoms with Crippen molar-refractivity contribution in [1.82, 2.24) is 9.55 Å². The molecule has 52 heavy (non-hydrogen) atoms. The molecule has 1 aromatic heterocycles. The van der Waals surface area contributed by atoms with Crippen LogP contribution in [0.5, 0.6) is 0 Å². The van der Waals surface area contributed by atoms with Gasteiger partial charge < -0.3 is 0 Å². The molecule has 0 fully saturated rings. The summed E-state index contributed by atoms with van der Waals surface area (Å²) in [5, 5.41) is 2.75. The van der Waals surface area contributed by atoms with E-state index in [9.17, 15) is 0 Å². The number of imidazole rings is 1. The van der Waals surface area contributed by atoms with Crippen molar-refractivity contribution in [2.24, 2.45) is 0 Å². The van der Waals surface area contributed by atoms with E-state index >= 15 is 0 Å². The third-order valence-corrected chi connectivity index (χ3v) is 12.3. The van der Waals surface area contributed by atoms with E-state index in [4.69, 9.17) is 4.98 Å². The van der Waals surface area contributed by atoms with Gasteiger partial charge in [0, 0.05) is 0 Å². The Hall–Kier alpha value is -6.25. The number of nitrogens with zero attached hydrogens (tertiary/aromatic N) is 2. The van der Waals surface area contributed by atoms with Crippen LogP contribution in [0.25, 0.3) is 73.0 Å². The van der Waals surface area contributed by atoms with Crippen molar-refractivity contribution in [2.45, 2.75) is 31.1 Å². The number of aromatic nitrogens is 2. The second-order valence-electron chi connectivity index (χ2n) is 14.8. The molecule has 0 saturated carbocycles. The van der Waals surface area contributed by atoms with E-state index in [1.165, 1.54) is 77.7 Å². The third-order valence-electron chi connectivity index (χ3n) is 12.3. The minimum Gasteiger partial charge on any atom is -0.295 e. The monoisotopic (exact) mass is 662 g/mol. The molecule has 244 valence electrons. The molecule has 0 bridgehead atoms. The van der Waals surface area contributed by atoms with Crippen LogP contribution in [0.1, 0.15) is 57.6 Å². The smallest absolute Gasteiger partial charge is 0.134 e. The molecule has 0 saturated heterocycles. The first-order valence-corrected chi connectivity index (χ1v) is 18.7. The van der Waals surface area contributed by atoms with Crippen molar-refractivity contribution in [3.05, 3.63) is 190 Å². The van der Waals surface area contributed by atoms with Crippen molar-refractivity contribution in [2.75, 3.05) is 0 Å². The van der Waals surface area contributed by atoms with Gasteiger partial charge in [-0.2, -0.15) is 0 Å². The van der Waals surface area contributed by atoms with Gasteiger partial charge in [0.05, 0.1) is 16.7 Å². The number of benzene rings is 7. The molecule has 1 spiro atoms. The van der Waals surface area contributed by atoms with Gasteiger partial charge in [0.25, 0.3) is 0 Å². The highest BCUT2D eigenvalue weighted by Crippen LogP contribution is 2.60. The fraction of sp³-hybridized carbons (Fsp3) is 0.100. The summed E-state index contributed by atoms with van der Waals surface area (Å²) in [5.41, 5.74) is 20.3. The highest BCUT2D eigenvalue weighted by molar-refractivity contribution is 6.02. The molecule has 0 N–H and O–H groups in total. The molecule has 1 aliphatic heterocycles. The number of rotatable bonds is 2. The van der Waals surface area contributed by atoms with Crippen LogP contribution in [0.15, 0.2) is 146 Å². The molecule has 0 amide bonds. The zero-order valence-electron chi connectivity index (χ0n) is 28.7. The molecule has 0 radical (unpaired) electrons. The normalized spacial score (nSPS) is 17.2. The summed E-state index contributed by atoms with van der Waals surface area (Å²) in [6, 6.07) is 49.9. The molecular formula is C50H34N2. The molecule has 2 nitrogen and oxygen atoms in total. The van der Waals surface area contributed by atoms with Crippen LogP contribution in [-0.2, 0) is 18.3 Å². The second kappa shape index (κ2) is 10.4. The zero-order chi connectivity index (χ0) is 34.0. The van der Waals surface area contributed by atoms with Crippen LogP contribution >= 0.6 is 0 Å². The van der Waals surface area contributed by atoms with Gasteiger partial charge in [0.2, 0.25) is 0 Å². The van der Waals surface area contributed by atoms with Crippen LogP contribution in [0.2, 0.25) is 0 Å². The van der Waals surface area contributed by atoms with Gasteiger partial charge in [-0.1, -0.05) is 121 Å². The molecule has 12 rings (SSSR count). The summed E-state index contributed by atoms with van der Waals surface area (Å²) in [4.78, 5) is 5.43. The van der Waals surface area contributed by atoms with E-state index in [1.807, 2.05) is 0 Å². The highest BCUT2D eigenvalue weighted by Gasteiger charge is 2.54. The summed E-state index contributed by atoms with van der Waals surface area (Å²) < 4.78 is 2.41. The Balaban J connectivity index is 1.05. The van der Waals surface area contributed by atoms with Crippen molar-refractivity contribution >= 4 is 34.0 Å². The molecule has 1 unspecified atom stereocenters. The largest absolute Gasteiger partial charge is 0.295 e. The average Bonchev–Trinajstić information content (AvgIpc) is 3.84. The third kappa shape index (κ3) is 3.61. The molecule has 8 aromatic rings. The molecule has 7 aromatic carbocycles. The Morgan fingerprint density at radius 2 is 1.15 bits per heavy atom. The number of fused-ring (bicyclic) bond motifs is 18. The first-order chi connectivity index (χ1) is 25.8. The maximum absolute atomic E-state index is 5.43. The molecule has 1 atom stereocenters. The topological polar surface area (TPSA) is 17.8 Å². The summed E-state index contributed by atoms with van der Waals surface area (Å²) >= 11 is 0. The van der Waals surface area contributed by atoms with Crippen LogP contribution in [0, 0.1) is 0 Å². The molecule has 3 aliphatic carbocycles. The van der Waals surface area contributed by atoms with E-state index < -0.39 is 5.41 Å². The zero-order valence-corrected chi connectivity index (χ0v) is 28.7. The van der Waals surface area contributed by atoms with Crippen molar-refractivity contribution < 1.29 is 0 Å². The van der Waals surface area contributed by atoms with E-state index in [0.717, 1.165) is 42.5 Å². The summed E-state index contributed by atoms with van der Waals surface area (Å²) in [6.45, 7) is 0. The van der Waals surface area contributed by atoms with E-state index in [-0.39, 0.29) is 0 Å². The lowest BCUT2D eigenvalue weighted by atomic mass is 9.72. The Kier molecular flexibility index (Phi) is 5.69. The van der Waals surface area contributed by atoms with E-state index in [0.29, 0.717) is 0 Å². The second-order valence-corrected chi connectivity index (χ2v) is 14.8. The lowest BCUT2D eigenvalue weighted by Gasteiger charge is -2.27. The molecule has 4 aliphatic rings. The quantitative estimate of drug-likeness (QED) is 0.180. The van der Waals surface area contributed by atoms with Crippen LogP contribution in [-0.4, -0.2) is 9.55 Å². The minimum absolute atomic E-state index is 0.506. The van der Waals surface area contributed by atoms with Gasteiger partial charge in [0.15, 0.2) is 0 Å². The van der Waals surface area contributed by atoms with E-state index in [2.05, 4.69) is 162 Å². The maximum Gasteiger partial charge on any atom is 0.134 e. The summed E-state index contributed by atoms with van der Waals surface area (Å²) in [6.07, 6.45) is 14.0. The number of hydrogen-bond acceptors (Lipinski definition) is 1. The Labute approximate surface area is 303 Å². The highest BCUT2D eigenvalue weighted by atomic mass is 15.1. The Morgan fingerprint density at radius 1 is 0.500 bits per heavy atom. The van der Waals surface area contributed by atoms with Crippen molar-refractivity contribution in [1.29, 1.82) is 0 Å². The van der Waals surface area contributed by atoms with Gasteiger partial charge in [-0.15, -0.1) is 0 Å². The van der Waals surface area contributed by atoms with Gasteiger partial charge in [-0.3, -0.25) is 4.57 Å². The van der Waals surface area contributed by atoms with Gasteiger partial charge >= 0.3 is 0 Å². The number of allylic oxidation sites excluding steroid dienone is 2. The standard InChI is InChI=1S/C50H34N2/c1-2-16-37-35(14-1)36-15-3-4-17-38(36)42-29-33(24-26-39(37)42)31-12-11-13-32(28-31)34-25-27-41-40-18-5-6-19-43(40)50(45(41)30-34)44-20-7-9-22-47(44)52-48-23-10-8-21-46(48)51-49(50)52/h2,4-13,16-30H,1,3,14-15H2. The molecule has 2 heterocycles.